The molecular formula is C58H84Cl8N12Ni2O8. The summed E-state index contributed by atoms with van der Waals surface area (Å²) in [5, 5.41) is 14.3. The fourth-order valence-corrected chi connectivity index (χ4v) is 6.78. The van der Waals surface area contributed by atoms with Gasteiger partial charge in [0.25, 0.3) is 0 Å². The van der Waals surface area contributed by atoms with E-state index in [1.807, 2.05) is 60.9 Å². The molecule has 20 nitrogen and oxygen atoms in total. The van der Waals surface area contributed by atoms with Gasteiger partial charge in [0.1, 0.15) is 23.3 Å². The molecule has 6 aromatic rings. The molecule has 0 radical (unpaired) electrons. The van der Waals surface area contributed by atoms with Crippen LogP contribution < -0.4 is 83.4 Å². The molecule has 0 bridgehead atoms. The van der Waals surface area contributed by atoms with Crippen molar-refractivity contribution in [1.82, 2.24) is 39.7 Å². The van der Waals surface area contributed by atoms with Crippen LogP contribution in [0.3, 0.4) is 0 Å². The van der Waals surface area contributed by atoms with E-state index >= 15 is 0 Å². The molecule has 0 unspecified atom stereocenters. The number of hydrogen-bond donors (Lipinski definition) is 4. The molecule has 0 atom stereocenters. The number of nitrogens with one attached hydrogen (secondary N) is 4. The van der Waals surface area contributed by atoms with Gasteiger partial charge in [0, 0.05) is 77.8 Å². The number of hydrogen-bond acceptors (Lipinski definition) is 20. The Labute approximate surface area is 578 Å². The van der Waals surface area contributed by atoms with Gasteiger partial charge < -0.3 is 46.1 Å². The number of pyridine rings is 6. The maximum atomic E-state index is 8.49. The minimum absolute atomic E-state index is 0. The molecule has 88 heavy (non-hydrogen) atoms. The molecule has 4 N–H and O–H groups in total. The summed E-state index contributed by atoms with van der Waals surface area (Å²) < 4.78 is 67.9. The molecule has 0 saturated heterocycles. The molecule has 6 rings (SSSR count). The Morgan fingerprint density at radius 2 is 0.523 bits per heavy atom. The van der Waals surface area contributed by atoms with Crippen molar-refractivity contribution in [2.75, 3.05) is 58.1 Å². The molecule has 0 aliphatic rings. The molecule has 0 aromatic carbocycles. The summed E-state index contributed by atoms with van der Waals surface area (Å²) in [6, 6.07) is 36.9. The first-order valence-corrected chi connectivity index (χ1v) is 31.1. The van der Waals surface area contributed by atoms with Gasteiger partial charge in [-0.2, -0.15) is 0 Å². The number of anilines is 4. The van der Waals surface area contributed by atoms with Crippen molar-refractivity contribution in [1.29, 1.82) is 0 Å². The maximum Gasteiger partial charge on any atom is 2.00 e. The zero-order chi connectivity index (χ0) is 63.6. The van der Waals surface area contributed by atoms with Gasteiger partial charge in [-0.15, -0.1) is 66.9 Å². The van der Waals surface area contributed by atoms with Crippen LogP contribution in [0.5, 0.6) is 0 Å². The predicted octanol–water partition coefficient (Wildman–Crippen LogP) is -0.686. The minimum atomic E-state index is -4.94. The first kappa shape index (κ1) is 91.4. The normalized spacial score (nSPS) is 11.1. The van der Waals surface area contributed by atoms with E-state index < -0.39 is 20.5 Å². The second-order valence-corrected chi connectivity index (χ2v) is 26.7. The molecule has 500 valence electrons. The fourth-order valence-electron chi connectivity index (χ4n) is 6.78. The number of nitrogens with zero attached hydrogens (tertiary/aromatic N) is 8. The summed E-state index contributed by atoms with van der Waals surface area (Å²) in [4.78, 5) is 33.2. The summed E-state index contributed by atoms with van der Waals surface area (Å²) in [5.41, 5.74) is 6.95. The molecule has 0 fully saturated rings. The topological polar surface area (TPSA) is 316 Å². The van der Waals surface area contributed by atoms with Gasteiger partial charge in [0.2, 0.25) is 0 Å². The number of aromatic nitrogens is 6. The molecule has 6 heterocycles. The minimum Gasteiger partial charge on any atom is -1.00 e. The summed E-state index contributed by atoms with van der Waals surface area (Å²) in [6.07, 6.45) is 3.69. The molecule has 0 aliphatic heterocycles. The van der Waals surface area contributed by atoms with E-state index in [4.69, 9.17) is 104 Å². The second-order valence-electron chi connectivity index (χ2n) is 23.6. The van der Waals surface area contributed by atoms with E-state index in [0.29, 0.717) is 26.2 Å². The van der Waals surface area contributed by atoms with Crippen LogP contribution in [0.2, 0.25) is 0 Å². The van der Waals surface area contributed by atoms with Crippen LogP contribution in [0.4, 0.5) is 23.3 Å². The van der Waals surface area contributed by atoms with Gasteiger partial charge in [0.05, 0.1) is 44.8 Å². The van der Waals surface area contributed by atoms with Crippen molar-refractivity contribution in [3.63, 3.8) is 0 Å². The number of rotatable bonds is 20. The van der Waals surface area contributed by atoms with Crippen LogP contribution in [-0.4, -0.2) is 76.6 Å². The molecule has 0 saturated carbocycles. The molecule has 30 heteroatoms. The Hall–Kier alpha value is -2.99. The Bertz CT molecular complexity index is 2380. The van der Waals surface area contributed by atoms with Crippen LogP contribution in [0.1, 0.15) is 117 Å². The third-order valence-electron chi connectivity index (χ3n) is 10.2. The number of halogens is 8. The van der Waals surface area contributed by atoms with Gasteiger partial charge in [-0.1, -0.05) is 119 Å². The van der Waals surface area contributed by atoms with E-state index in [-0.39, 0.29) is 90.1 Å². The zero-order valence-electron chi connectivity index (χ0n) is 51.5. The third-order valence-corrected chi connectivity index (χ3v) is 10.2. The van der Waals surface area contributed by atoms with E-state index in [9.17, 15) is 0 Å². The molecule has 0 aliphatic carbocycles. The Kier molecular flexibility index (Phi) is 48.8. The fraction of sp³-hybridized carbons (Fsp3) is 0.483. The maximum absolute atomic E-state index is 8.49. The van der Waals surface area contributed by atoms with Crippen LogP contribution in [0, 0.1) is 42.1 Å². The van der Waals surface area contributed by atoms with Crippen molar-refractivity contribution in [3.8, 4) is 0 Å². The second kappa shape index (κ2) is 47.0. The largest absolute Gasteiger partial charge is 2.00 e. The Morgan fingerprint density at radius 1 is 0.341 bits per heavy atom. The summed E-state index contributed by atoms with van der Waals surface area (Å²) >= 11 is 19.1. The zero-order valence-corrected chi connectivity index (χ0v) is 59.6. The van der Waals surface area contributed by atoms with Crippen molar-refractivity contribution in [3.05, 3.63) is 156 Å². The van der Waals surface area contributed by atoms with Crippen molar-refractivity contribution in [2.24, 2.45) is 21.7 Å². The first-order valence-electron chi connectivity index (χ1n) is 26.5. The smallest absolute Gasteiger partial charge is 1.00 e. The van der Waals surface area contributed by atoms with Crippen LogP contribution in [0.25, 0.3) is 0 Å². The first-order chi connectivity index (χ1) is 38.9. The summed E-state index contributed by atoms with van der Waals surface area (Å²) in [5.74, 6) is 3.65. The van der Waals surface area contributed by atoms with Gasteiger partial charge in [-0.05, 0) is 94.5 Å². The third kappa shape index (κ3) is 54.7. The van der Waals surface area contributed by atoms with E-state index in [1.54, 1.807) is 0 Å². The van der Waals surface area contributed by atoms with Crippen molar-refractivity contribution in [2.45, 2.75) is 122 Å². The van der Waals surface area contributed by atoms with Crippen LogP contribution >= 0.6 is 46.4 Å². The van der Waals surface area contributed by atoms with Crippen LogP contribution in [0.15, 0.2) is 122 Å². The van der Waals surface area contributed by atoms with Crippen LogP contribution in [-0.2, 0) is 72.3 Å². The predicted molar refractivity (Wildman–Crippen MR) is 316 cm³/mol. The average Bonchev–Trinajstić information content (AvgIpc) is 3.50. The molecule has 6 aromatic heterocycles. The summed E-state index contributed by atoms with van der Waals surface area (Å²) in [6.45, 7) is 34.4. The Balaban J connectivity index is -0.000000620. The van der Waals surface area contributed by atoms with Gasteiger partial charge in [0.15, 0.2) is 0 Å². The van der Waals surface area contributed by atoms with Gasteiger partial charge >= 0.3 is 33.0 Å². The average molecular weight is 1480 g/mol. The van der Waals surface area contributed by atoms with E-state index in [1.165, 1.54) is 0 Å². The van der Waals surface area contributed by atoms with E-state index in [0.717, 1.165) is 96.7 Å². The van der Waals surface area contributed by atoms with E-state index in [2.05, 4.69) is 185 Å². The number of alkyl halides is 4. The van der Waals surface area contributed by atoms with Crippen molar-refractivity contribution < 1.29 is 116 Å². The summed E-state index contributed by atoms with van der Waals surface area (Å²) in [7, 11) is -9.89. The molecule has 0 amide bonds. The Morgan fingerprint density at radius 3 is 0.693 bits per heavy atom. The SMILES string of the molecule is CC(C)(C)CNc1cccc(CN(Cc2ccccn2)Cc2cccc(NCC(C)(C)C)n2)n1.CC(C)(C)CNc1cccc(CN(Cc2ccccn2)Cc2cccc(NCC(C)(C)C)n2)n1.ClCCl.ClCCl.[Cl-].[Cl-].[Ni+2].[Ni+2].[O-][Cl+3]([O-])([O-])[O-].[O-][Cl+3]([O-])([O-])[O-]. The molecular weight excluding hydrogens is 1390 g/mol. The standard InChI is InChI=1S/2C28H40N6.2CH2Cl2.2ClHO4.2ClH.2Ni/c2*1-27(2,3)20-30-25-14-9-12-23(32-25)18-34(17-22-11-7-8-16-29-22)19-24-13-10-15-26(33-24)31-21-28(4,5)6;2*2-1-3;2*2-1(3,4)5;;;;/h2*7-16H,17-21H2,1-6H3,(H,30,32)(H,31,33);2*1H2;2*(H,2,3,4,5);2*1H;;/q;;;;;;;;2*+2/p-4. The van der Waals surface area contributed by atoms with Crippen molar-refractivity contribution >= 4 is 69.7 Å². The monoisotopic (exact) mass is 1470 g/mol. The quantitative estimate of drug-likeness (QED) is 0.0543. The molecule has 0 spiro atoms. The van der Waals surface area contributed by atoms with Gasteiger partial charge in [-0.25, -0.2) is 57.2 Å². The van der Waals surface area contributed by atoms with Gasteiger partial charge in [-0.3, -0.25) is 19.8 Å².